The van der Waals surface area contributed by atoms with E-state index in [1.165, 1.54) is 43.8 Å². The van der Waals surface area contributed by atoms with Crippen molar-refractivity contribution in [1.29, 1.82) is 0 Å². The maximum atomic E-state index is 6.76. The summed E-state index contributed by atoms with van der Waals surface area (Å²) in [5.74, 6) is 2.80. The quantitative estimate of drug-likeness (QED) is 0.251. The number of hydrogen-bond donors (Lipinski definition) is 0. The molecule has 2 aromatic carbocycles. The zero-order chi connectivity index (χ0) is 27.8. The number of hydrogen-bond acceptors (Lipinski definition) is 2. The molecular weight excluding hydrogens is 636 g/mol. The van der Waals surface area contributed by atoms with E-state index in [0.29, 0.717) is 25.0 Å². The van der Waals surface area contributed by atoms with Gasteiger partial charge in [0.25, 0.3) is 0 Å². The number of allylic oxidation sites excluding steroid dienone is 9. The van der Waals surface area contributed by atoms with Crippen LogP contribution in [0.2, 0.25) is 0 Å². The van der Waals surface area contributed by atoms with Gasteiger partial charge in [-0.3, -0.25) is 0 Å². The molecule has 0 heterocycles. The number of halogens is 2. The van der Waals surface area contributed by atoms with Crippen molar-refractivity contribution in [3.63, 3.8) is 0 Å². The third-order valence-electron chi connectivity index (χ3n) is 9.05. The van der Waals surface area contributed by atoms with Gasteiger partial charge in [-0.1, -0.05) is 122 Å². The van der Waals surface area contributed by atoms with Crippen LogP contribution in [-0.4, -0.2) is 11.9 Å². The fraction of sp³-hybridized carbons (Fsp3) is 0.297. The topological polar surface area (TPSA) is 18.5 Å². The third-order valence-corrected chi connectivity index (χ3v) is 10.4. The van der Waals surface area contributed by atoms with Gasteiger partial charge in [-0.05, 0) is 76.8 Å². The van der Waals surface area contributed by atoms with Crippen LogP contribution in [0.4, 0.5) is 0 Å². The Hall–Kier alpha value is -2.82. The molecule has 0 radical (unpaired) electrons. The van der Waals surface area contributed by atoms with E-state index in [2.05, 4.69) is 129 Å². The van der Waals surface area contributed by atoms with Crippen molar-refractivity contribution in [2.75, 3.05) is 11.9 Å². The molecule has 5 aliphatic carbocycles. The zero-order valence-corrected chi connectivity index (χ0v) is 26.3. The van der Waals surface area contributed by atoms with Gasteiger partial charge < -0.3 is 9.47 Å². The molecule has 2 aromatic rings. The van der Waals surface area contributed by atoms with Crippen molar-refractivity contribution < 1.29 is 9.47 Å². The molecule has 7 rings (SSSR count). The molecule has 0 bridgehead atoms. The van der Waals surface area contributed by atoms with Crippen LogP contribution in [0, 0.1) is 17.3 Å². The Morgan fingerprint density at radius 3 is 2.61 bits per heavy atom. The molecule has 41 heavy (non-hydrogen) atoms. The highest BCUT2D eigenvalue weighted by Gasteiger charge is 2.65. The molecule has 0 aromatic heterocycles. The normalized spacial score (nSPS) is 25.2. The standard InChI is InChI=1S/C37H34Br2O2/c38-21-25-7-5-9-27(19-25)23-40-33-16-14-29-11-1-2-12-30(29)35(33)36-34(41-24-28-10-6-8-26(20-28)22-39)17-15-32-31-13-3-4-18-37(31,32)36/h3-4,6,8-20,31-32H,1-2,5,7,21-24H2. The average molecular weight is 670 g/mol. The predicted molar refractivity (Wildman–Crippen MR) is 176 cm³/mol. The number of ether oxygens (including phenoxy) is 2. The molecule has 0 saturated heterocycles. The summed E-state index contributed by atoms with van der Waals surface area (Å²) in [6, 6.07) is 13.1. The Morgan fingerprint density at radius 2 is 1.71 bits per heavy atom. The second kappa shape index (κ2) is 11.5. The molecule has 1 spiro atoms. The Balaban J connectivity index is 1.34. The van der Waals surface area contributed by atoms with Crippen molar-refractivity contribution in [1.82, 2.24) is 0 Å². The summed E-state index contributed by atoms with van der Waals surface area (Å²) in [6.07, 6.45) is 27.5. The van der Waals surface area contributed by atoms with E-state index < -0.39 is 0 Å². The Labute approximate surface area is 259 Å². The van der Waals surface area contributed by atoms with Gasteiger partial charge in [0, 0.05) is 27.2 Å². The van der Waals surface area contributed by atoms with Crippen LogP contribution in [0.25, 0.3) is 17.7 Å². The second-order valence-corrected chi connectivity index (χ2v) is 12.7. The molecule has 4 heteroatoms. The van der Waals surface area contributed by atoms with E-state index in [1.54, 1.807) is 0 Å². The van der Waals surface area contributed by atoms with E-state index in [1.807, 2.05) is 0 Å². The van der Waals surface area contributed by atoms with E-state index in [-0.39, 0.29) is 5.41 Å². The fourth-order valence-corrected chi connectivity index (χ4v) is 7.82. The predicted octanol–water partition coefficient (Wildman–Crippen LogP) is 8.21. The minimum absolute atomic E-state index is 0.0950. The van der Waals surface area contributed by atoms with Crippen molar-refractivity contribution >= 4 is 49.6 Å². The second-order valence-electron chi connectivity index (χ2n) is 11.5. The average Bonchev–Trinajstić information content (AvgIpc) is 3.72. The van der Waals surface area contributed by atoms with Crippen LogP contribution in [0.5, 0.6) is 5.75 Å². The largest absolute Gasteiger partial charge is 0.489 e. The van der Waals surface area contributed by atoms with Crippen molar-refractivity contribution in [2.24, 2.45) is 17.3 Å². The molecule has 0 amide bonds. The van der Waals surface area contributed by atoms with Gasteiger partial charge in [0.15, 0.2) is 0 Å². The van der Waals surface area contributed by atoms with Crippen LogP contribution < -0.4 is 15.2 Å². The first kappa shape index (κ1) is 27.0. The highest BCUT2D eigenvalue weighted by atomic mass is 79.9. The van der Waals surface area contributed by atoms with E-state index >= 15 is 0 Å². The molecule has 1 fully saturated rings. The summed E-state index contributed by atoms with van der Waals surface area (Å²) < 4.78 is 13.5. The summed E-state index contributed by atoms with van der Waals surface area (Å²) in [5, 5.41) is 4.34. The Morgan fingerprint density at radius 1 is 0.829 bits per heavy atom. The lowest BCUT2D eigenvalue weighted by Gasteiger charge is -2.28. The molecule has 2 nitrogen and oxygen atoms in total. The maximum absolute atomic E-state index is 6.76. The number of rotatable bonds is 9. The number of benzene rings is 2. The minimum atomic E-state index is -0.0950. The smallest absolute Gasteiger partial charge is 0.128 e. The molecule has 3 unspecified atom stereocenters. The number of fused-ring (bicyclic) bond motifs is 2. The molecular formula is C37H34Br2O2. The van der Waals surface area contributed by atoms with Crippen molar-refractivity contribution in [3.05, 3.63) is 129 Å². The van der Waals surface area contributed by atoms with Gasteiger partial charge in [0.05, 0.1) is 0 Å². The van der Waals surface area contributed by atoms with Gasteiger partial charge in [-0.2, -0.15) is 0 Å². The molecule has 208 valence electrons. The van der Waals surface area contributed by atoms with Gasteiger partial charge in [-0.25, -0.2) is 0 Å². The summed E-state index contributed by atoms with van der Waals surface area (Å²) in [6.45, 7) is 1.10. The van der Waals surface area contributed by atoms with Crippen LogP contribution in [-0.2, 0) is 16.7 Å². The first-order valence-electron chi connectivity index (χ1n) is 14.7. The summed E-state index contributed by atoms with van der Waals surface area (Å²) in [4.78, 5) is 0. The summed E-state index contributed by atoms with van der Waals surface area (Å²) >= 11 is 7.24. The molecule has 3 atom stereocenters. The molecule has 0 N–H and O–H groups in total. The van der Waals surface area contributed by atoms with Crippen LogP contribution >= 0.6 is 31.9 Å². The first-order valence-corrected chi connectivity index (χ1v) is 16.9. The van der Waals surface area contributed by atoms with Gasteiger partial charge in [0.1, 0.15) is 24.7 Å². The third kappa shape index (κ3) is 4.97. The van der Waals surface area contributed by atoms with Gasteiger partial charge >= 0.3 is 0 Å². The molecule has 5 aliphatic rings. The monoisotopic (exact) mass is 668 g/mol. The molecule has 0 aliphatic heterocycles. The SMILES string of the molecule is BrCC1=CC(COc2ccc3c(c2C2=C(OCc4cccc(CBr)c4)C=CC4C5C=CC=CC254)=CCCC=3)=CCC1. The van der Waals surface area contributed by atoms with Crippen LogP contribution in [0.1, 0.15) is 42.4 Å². The lowest BCUT2D eigenvalue weighted by Crippen LogP contribution is -2.33. The minimum Gasteiger partial charge on any atom is -0.489 e. The first-order chi connectivity index (χ1) is 20.2. The lowest BCUT2D eigenvalue weighted by atomic mass is 9.79. The zero-order valence-electron chi connectivity index (χ0n) is 23.1. The van der Waals surface area contributed by atoms with E-state index in [0.717, 1.165) is 47.9 Å². The lowest BCUT2D eigenvalue weighted by molar-refractivity contribution is 0.209. The Bertz CT molecular complexity index is 1680. The van der Waals surface area contributed by atoms with Crippen molar-refractivity contribution in [3.8, 4) is 5.75 Å². The highest BCUT2D eigenvalue weighted by molar-refractivity contribution is 9.09. The fourth-order valence-electron chi connectivity index (χ4n) is 7.03. The van der Waals surface area contributed by atoms with Gasteiger partial charge in [-0.15, -0.1) is 0 Å². The van der Waals surface area contributed by atoms with Crippen LogP contribution in [0.15, 0.2) is 102 Å². The maximum Gasteiger partial charge on any atom is 0.128 e. The van der Waals surface area contributed by atoms with E-state index in [9.17, 15) is 0 Å². The highest BCUT2D eigenvalue weighted by Crippen LogP contribution is 2.71. The summed E-state index contributed by atoms with van der Waals surface area (Å²) in [7, 11) is 0. The Kier molecular flexibility index (Phi) is 7.56. The number of alkyl halides is 2. The molecule has 1 saturated carbocycles. The van der Waals surface area contributed by atoms with E-state index in [4.69, 9.17) is 9.47 Å². The van der Waals surface area contributed by atoms with Crippen molar-refractivity contribution in [2.45, 2.75) is 37.6 Å². The van der Waals surface area contributed by atoms with Gasteiger partial charge in [0.2, 0.25) is 0 Å². The summed E-state index contributed by atoms with van der Waals surface area (Å²) in [5.41, 5.74) is 7.52. The van der Waals surface area contributed by atoms with Crippen LogP contribution in [0.3, 0.4) is 0 Å².